The number of ether oxygens (including phenoxy) is 2. The first-order chi connectivity index (χ1) is 17.5. The molecule has 1 aliphatic heterocycles. The highest BCUT2D eigenvalue weighted by molar-refractivity contribution is 6.31. The van der Waals surface area contributed by atoms with Crippen LogP contribution in [-0.2, 0) is 27.7 Å². The Kier molecular flexibility index (Phi) is 8.16. The quantitative estimate of drug-likeness (QED) is 0.194. The number of halogens is 2. The summed E-state index contributed by atoms with van der Waals surface area (Å²) in [5.74, 6) is -2.92. The van der Waals surface area contributed by atoms with Crippen LogP contribution in [0.15, 0.2) is 24.3 Å². The number of nitro benzene ring substituents is 1. The molecule has 0 spiro atoms. The van der Waals surface area contributed by atoms with E-state index in [-0.39, 0.29) is 30.0 Å². The molecule has 204 valence electrons. The van der Waals surface area contributed by atoms with Crippen LogP contribution in [0.3, 0.4) is 0 Å². The van der Waals surface area contributed by atoms with E-state index in [2.05, 4.69) is 4.74 Å². The molecule has 0 saturated heterocycles. The lowest BCUT2D eigenvalue weighted by atomic mass is 9.80. The van der Waals surface area contributed by atoms with Gasteiger partial charge in [-0.2, -0.15) is 0 Å². The molecule has 11 heteroatoms. The van der Waals surface area contributed by atoms with Crippen LogP contribution >= 0.6 is 11.6 Å². The molecular formula is C27H30ClFN2O7. The maximum Gasteiger partial charge on any atom is 0.516 e. The molecule has 1 aliphatic rings. The zero-order valence-corrected chi connectivity index (χ0v) is 22.9. The third kappa shape index (κ3) is 6.48. The predicted octanol–water partition coefficient (Wildman–Crippen LogP) is 6.02. The SMILES string of the molecule is CC(C)(C)OC(=O)OC(=O)c1c([N+](=O)[O-])cc(CCN2CCc3ccc(Cl)cc3C2=O)c(C(C)(C)C)c1F. The van der Waals surface area contributed by atoms with E-state index in [4.69, 9.17) is 16.3 Å². The number of carbonyl (C=O) groups is 3. The molecule has 0 aliphatic carbocycles. The second kappa shape index (κ2) is 10.7. The monoisotopic (exact) mass is 548 g/mol. The van der Waals surface area contributed by atoms with Crippen molar-refractivity contribution in [3.8, 4) is 0 Å². The molecule has 38 heavy (non-hydrogen) atoms. The Morgan fingerprint density at radius 2 is 1.82 bits per heavy atom. The van der Waals surface area contributed by atoms with Crippen molar-refractivity contribution in [1.82, 2.24) is 4.90 Å². The van der Waals surface area contributed by atoms with Gasteiger partial charge in [0, 0.05) is 29.7 Å². The van der Waals surface area contributed by atoms with E-state index in [9.17, 15) is 24.5 Å². The summed E-state index contributed by atoms with van der Waals surface area (Å²) in [7, 11) is 0. The molecule has 0 radical (unpaired) electrons. The van der Waals surface area contributed by atoms with E-state index in [0.717, 1.165) is 11.6 Å². The van der Waals surface area contributed by atoms with Crippen LogP contribution in [0.4, 0.5) is 14.9 Å². The number of hydrogen-bond acceptors (Lipinski definition) is 7. The average Bonchev–Trinajstić information content (AvgIpc) is 2.76. The fourth-order valence-electron chi connectivity index (χ4n) is 4.39. The Balaban J connectivity index is 1.97. The summed E-state index contributed by atoms with van der Waals surface area (Å²) in [6, 6.07) is 6.23. The number of nitro groups is 1. The molecule has 3 rings (SSSR count). The van der Waals surface area contributed by atoms with Gasteiger partial charge in [0.05, 0.1) is 4.92 Å². The molecule has 0 fully saturated rings. The lowest BCUT2D eigenvalue weighted by Crippen LogP contribution is -2.39. The molecule has 1 amide bonds. The van der Waals surface area contributed by atoms with Crippen molar-refractivity contribution < 1.29 is 33.2 Å². The summed E-state index contributed by atoms with van der Waals surface area (Å²) in [5, 5.41) is 12.3. The number of amides is 1. The Morgan fingerprint density at radius 1 is 1.16 bits per heavy atom. The van der Waals surface area contributed by atoms with Crippen molar-refractivity contribution in [2.24, 2.45) is 0 Å². The fraction of sp³-hybridized carbons (Fsp3) is 0.444. The minimum Gasteiger partial charge on any atom is -0.428 e. The smallest absolute Gasteiger partial charge is 0.428 e. The van der Waals surface area contributed by atoms with E-state index in [1.807, 2.05) is 0 Å². The molecule has 9 nitrogen and oxygen atoms in total. The van der Waals surface area contributed by atoms with Gasteiger partial charge in [-0.15, -0.1) is 0 Å². The summed E-state index contributed by atoms with van der Waals surface area (Å²) in [6.45, 7) is 10.3. The first-order valence-corrected chi connectivity index (χ1v) is 12.4. The topological polar surface area (TPSA) is 116 Å². The first kappa shape index (κ1) is 29.0. The van der Waals surface area contributed by atoms with Gasteiger partial charge in [-0.3, -0.25) is 14.9 Å². The maximum atomic E-state index is 15.9. The lowest BCUT2D eigenvalue weighted by molar-refractivity contribution is -0.385. The van der Waals surface area contributed by atoms with Crippen molar-refractivity contribution in [2.45, 2.75) is 65.4 Å². The number of rotatable bonds is 5. The fourth-order valence-corrected chi connectivity index (χ4v) is 4.57. The van der Waals surface area contributed by atoms with Gasteiger partial charge < -0.3 is 14.4 Å². The zero-order valence-electron chi connectivity index (χ0n) is 22.1. The zero-order chi connectivity index (χ0) is 28.6. The Morgan fingerprint density at radius 3 is 2.39 bits per heavy atom. The third-order valence-electron chi connectivity index (χ3n) is 5.94. The number of benzene rings is 2. The van der Waals surface area contributed by atoms with E-state index in [1.54, 1.807) is 43.9 Å². The van der Waals surface area contributed by atoms with Gasteiger partial charge in [-0.05, 0) is 67.9 Å². The molecular weight excluding hydrogens is 519 g/mol. The molecule has 1 heterocycles. The van der Waals surface area contributed by atoms with Crippen LogP contribution in [0.25, 0.3) is 0 Å². The summed E-state index contributed by atoms with van der Waals surface area (Å²) >= 11 is 6.06. The Labute approximate surface area is 225 Å². The maximum absolute atomic E-state index is 15.9. The van der Waals surface area contributed by atoms with Crippen LogP contribution in [0.5, 0.6) is 0 Å². The van der Waals surface area contributed by atoms with Gasteiger partial charge in [0.25, 0.3) is 11.6 Å². The minimum atomic E-state index is -1.53. The molecule has 2 aromatic rings. The van der Waals surface area contributed by atoms with E-state index < -0.39 is 45.1 Å². The first-order valence-electron chi connectivity index (χ1n) is 12.0. The van der Waals surface area contributed by atoms with Crippen LogP contribution < -0.4 is 0 Å². The van der Waals surface area contributed by atoms with E-state index in [1.165, 1.54) is 20.8 Å². The highest BCUT2D eigenvalue weighted by Crippen LogP contribution is 2.36. The van der Waals surface area contributed by atoms with Crippen LogP contribution in [0.2, 0.25) is 5.02 Å². The van der Waals surface area contributed by atoms with Gasteiger partial charge in [0.15, 0.2) is 5.56 Å². The molecule has 2 aromatic carbocycles. The second-order valence-corrected chi connectivity index (χ2v) is 11.5. The minimum absolute atomic E-state index is 0.0483. The van der Waals surface area contributed by atoms with Crippen LogP contribution in [-0.4, -0.2) is 46.5 Å². The highest BCUT2D eigenvalue weighted by atomic mass is 35.5. The van der Waals surface area contributed by atoms with Gasteiger partial charge in [0.1, 0.15) is 11.4 Å². The summed E-state index contributed by atoms with van der Waals surface area (Å²) < 4.78 is 25.4. The predicted molar refractivity (Wildman–Crippen MR) is 138 cm³/mol. The van der Waals surface area contributed by atoms with Crippen molar-refractivity contribution in [1.29, 1.82) is 0 Å². The number of nitrogens with zero attached hydrogens (tertiary/aromatic N) is 2. The molecule has 0 saturated carbocycles. The van der Waals surface area contributed by atoms with Crippen molar-refractivity contribution in [3.05, 3.63) is 73.0 Å². The summed E-state index contributed by atoms with van der Waals surface area (Å²) in [5.41, 5.74) is -2.03. The molecule has 0 aromatic heterocycles. The van der Waals surface area contributed by atoms with Crippen molar-refractivity contribution in [2.75, 3.05) is 13.1 Å². The summed E-state index contributed by atoms with van der Waals surface area (Å²) in [6.07, 6.45) is -0.705. The van der Waals surface area contributed by atoms with Crippen LogP contribution in [0, 0.1) is 15.9 Å². The highest BCUT2D eigenvalue weighted by Gasteiger charge is 2.36. The molecule has 0 unspecified atom stereocenters. The van der Waals surface area contributed by atoms with Crippen LogP contribution in [0.1, 0.15) is 78.9 Å². The standard InChI is InChI=1S/C27H30ClFN2O7/c1-26(2,3)21-16(10-12-30-11-9-15-7-8-17(28)14-18(15)23(30)32)13-19(31(35)36)20(22(21)29)24(33)37-25(34)38-27(4,5)6/h7-8,13-14H,9-12H2,1-6H3. The Hall–Kier alpha value is -3.53. The molecule has 0 atom stereocenters. The lowest BCUT2D eigenvalue weighted by Gasteiger charge is -2.30. The summed E-state index contributed by atoms with van der Waals surface area (Å²) in [4.78, 5) is 50.3. The van der Waals surface area contributed by atoms with Gasteiger partial charge in [-0.1, -0.05) is 38.4 Å². The third-order valence-corrected chi connectivity index (χ3v) is 6.17. The normalized spacial score (nSPS) is 13.7. The van der Waals surface area contributed by atoms with E-state index in [0.29, 0.717) is 23.6 Å². The van der Waals surface area contributed by atoms with Gasteiger partial charge in [0.2, 0.25) is 0 Å². The average molecular weight is 549 g/mol. The molecule has 0 bridgehead atoms. The number of fused-ring (bicyclic) bond motifs is 1. The van der Waals surface area contributed by atoms with Crippen molar-refractivity contribution >= 4 is 35.3 Å². The number of hydrogen-bond donors (Lipinski definition) is 0. The van der Waals surface area contributed by atoms with E-state index >= 15 is 4.39 Å². The largest absolute Gasteiger partial charge is 0.516 e. The second-order valence-electron chi connectivity index (χ2n) is 11.1. The number of esters is 1. The van der Waals surface area contributed by atoms with Gasteiger partial charge in [-0.25, -0.2) is 14.0 Å². The van der Waals surface area contributed by atoms with Crippen molar-refractivity contribution in [3.63, 3.8) is 0 Å². The molecule has 0 N–H and O–H groups in total. The Bertz CT molecular complexity index is 1310. The van der Waals surface area contributed by atoms with Gasteiger partial charge >= 0.3 is 12.1 Å². The number of carbonyl (C=O) groups excluding carboxylic acids is 3.